The maximum absolute atomic E-state index is 12.3. The molecule has 112 valence electrons. The standard InChI is InChI=1S/C18H17NO3/c1-3-21-13-9-10-15-14(11-13)16(18(20)19-2)17(22-15)12-7-5-4-6-8-12/h4-11H,3H2,1-2H3,(H,19,20). The zero-order chi connectivity index (χ0) is 15.5. The summed E-state index contributed by atoms with van der Waals surface area (Å²) in [5.74, 6) is 1.12. The molecular formula is C18H17NO3. The van der Waals surface area contributed by atoms with Gasteiger partial charge in [-0.15, -0.1) is 0 Å². The summed E-state index contributed by atoms with van der Waals surface area (Å²) in [6.45, 7) is 2.50. The van der Waals surface area contributed by atoms with Crippen molar-refractivity contribution in [1.82, 2.24) is 5.32 Å². The summed E-state index contributed by atoms with van der Waals surface area (Å²) in [6.07, 6.45) is 0. The lowest BCUT2D eigenvalue weighted by Crippen LogP contribution is -2.18. The number of rotatable bonds is 4. The SMILES string of the molecule is CCOc1ccc2oc(-c3ccccc3)c(C(=O)NC)c2c1. The van der Waals surface area contributed by atoms with Crippen molar-refractivity contribution in [3.63, 3.8) is 0 Å². The third-order valence-corrected chi connectivity index (χ3v) is 3.46. The van der Waals surface area contributed by atoms with Crippen LogP contribution in [-0.4, -0.2) is 19.6 Å². The van der Waals surface area contributed by atoms with Gasteiger partial charge in [-0.05, 0) is 25.1 Å². The molecule has 0 aliphatic rings. The molecule has 22 heavy (non-hydrogen) atoms. The van der Waals surface area contributed by atoms with Crippen molar-refractivity contribution in [2.24, 2.45) is 0 Å². The van der Waals surface area contributed by atoms with Crippen LogP contribution in [0.15, 0.2) is 52.9 Å². The van der Waals surface area contributed by atoms with E-state index in [9.17, 15) is 4.79 Å². The molecular weight excluding hydrogens is 278 g/mol. The summed E-state index contributed by atoms with van der Waals surface area (Å²) in [7, 11) is 1.61. The van der Waals surface area contributed by atoms with Gasteiger partial charge < -0.3 is 14.5 Å². The number of ether oxygens (including phenoxy) is 1. The van der Waals surface area contributed by atoms with E-state index in [0.29, 0.717) is 23.5 Å². The van der Waals surface area contributed by atoms with Gasteiger partial charge in [-0.25, -0.2) is 0 Å². The minimum Gasteiger partial charge on any atom is -0.494 e. The second-order valence-electron chi connectivity index (χ2n) is 4.84. The molecule has 0 aliphatic carbocycles. The van der Waals surface area contributed by atoms with Crippen LogP contribution in [0.25, 0.3) is 22.3 Å². The van der Waals surface area contributed by atoms with Crippen molar-refractivity contribution in [3.05, 3.63) is 54.1 Å². The summed E-state index contributed by atoms with van der Waals surface area (Å²) < 4.78 is 11.4. The highest BCUT2D eigenvalue weighted by Gasteiger charge is 2.21. The molecule has 0 aliphatic heterocycles. The minimum absolute atomic E-state index is 0.175. The molecule has 0 radical (unpaired) electrons. The largest absolute Gasteiger partial charge is 0.494 e. The van der Waals surface area contributed by atoms with E-state index in [-0.39, 0.29) is 5.91 Å². The van der Waals surface area contributed by atoms with E-state index in [1.807, 2.05) is 55.5 Å². The zero-order valence-corrected chi connectivity index (χ0v) is 12.6. The van der Waals surface area contributed by atoms with Crippen LogP contribution in [0, 0.1) is 0 Å². The molecule has 0 spiro atoms. The number of fused-ring (bicyclic) bond motifs is 1. The zero-order valence-electron chi connectivity index (χ0n) is 12.6. The molecule has 0 bridgehead atoms. The van der Waals surface area contributed by atoms with Crippen molar-refractivity contribution in [1.29, 1.82) is 0 Å². The molecule has 0 saturated heterocycles. The van der Waals surface area contributed by atoms with Crippen molar-refractivity contribution >= 4 is 16.9 Å². The van der Waals surface area contributed by atoms with E-state index in [1.165, 1.54) is 0 Å². The maximum atomic E-state index is 12.3. The Morgan fingerprint density at radius 1 is 1.18 bits per heavy atom. The van der Waals surface area contributed by atoms with E-state index < -0.39 is 0 Å². The topological polar surface area (TPSA) is 51.5 Å². The van der Waals surface area contributed by atoms with Crippen LogP contribution < -0.4 is 10.1 Å². The van der Waals surface area contributed by atoms with Gasteiger partial charge in [0.25, 0.3) is 5.91 Å². The average Bonchev–Trinajstić information content (AvgIpc) is 2.94. The van der Waals surface area contributed by atoms with Gasteiger partial charge in [0, 0.05) is 18.0 Å². The molecule has 3 aromatic rings. The molecule has 0 fully saturated rings. The highest BCUT2D eigenvalue weighted by molar-refractivity contribution is 6.11. The molecule has 0 atom stereocenters. The van der Waals surface area contributed by atoms with Crippen LogP contribution in [0.2, 0.25) is 0 Å². The normalized spacial score (nSPS) is 10.6. The molecule has 1 aromatic heterocycles. The summed E-state index contributed by atoms with van der Waals surface area (Å²) in [4.78, 5) is 12.3. The summed E-state index contributed by atoms with van der Waals surface area (Å²) in [5, 5.41) is 3.44. The first kappa shape index (κ1) is 14.2. The first-order valence-electron chi connectivity index (χ1n) is 7.21. The van der Waals surface area contributed by atoms with Gasteiger partial charge in [-0.2, -0.15) is 0 Å². The van der Waals surface area contributed by atoms with Crippen molar-refractivity contribution in [2.45, 2.75) is 6.92 Å². The first-order valence-corrected chi connectivity index (χ1v) is 7.21. The van der Waals surface area contributed by atoms with Gasteiger partial charge in [0.1, 0.15) is 17.1 Å². The highest BCUT2D eigenvalue weighted by Crippen LogP contribution is 2.35. The number of hydrogen-bond donors (Lipinski definition) is 1. The Hall–Kier alpha value is -2.75. The van der Waals surface area contributed by atoms with Gasteiger partial charge in [-0.1, -0.05) is 30.3 Å². The fraction of sp³-hybridized carbons (Fsp3) is 0.167. The van der Waals surface area contributed by atoms with Crippen molar-refractivity contribution in [2.75, 3.05) is 13.7 Å². The molecule has 1 N–H and O–H groups in total. The molecule has 4 nitrogen and oxygen atoms in total. The van der Waals surface area contributed by atoms with Crippen LogP contribution in [-0.2, 0) is 0 Å². The molecule has 3 rings (SSSR count). The number of carbonyl (C=O) groups is 1. The van der Waals surface area contributed by atoms with Crippen LogP contribution in [0.5, 0.6) is 5.75 Å². The minimum atomic E-state index is -0.175. The smallest absolute Gasteiger partial charge is 0.255 e. The Labute approximate surface area is 128 Å². The van der Waals surface area contributed by atoms with E-state index >= 15 is 0 Å². The Balaban J connectivity index is 2.25. The molecule has 2 aromatic carbocycles. The van der Waals surface area contributed by atoms with E-state index in [1.54, 1.807) is 7.05 Å². The Bertz CT molecular complexity index is 806. The number of carbonyl (C=O) groups excluding carboxylic acids is 1. The predicted molar refractivity (Wildman–Crippen MR) is 86.2 cm³/mol. The molecule has 0 saturated carbocycles. The number of furan rings is 1. The highest BCUT2D eigenvalue weighted by atomic mass is 16.5. The van der Waals surface area contributed by atoms with Gasteiger partial charge in [0.05, 0.1) is 12.2 Å². The van der Waals surface area contributed by atoms with Crippen molar-refractivity contribution < 1.29 is 13.9 Å². The molecule has 1 amide bonds. The quantitative estimate of drug-likeness (QED) is 0.795. The van der Waals surface area contributed by atoms with Gasteiger partial charge in [-0.3, -0.25) is 4.79 Å². The monoisotopic (exact) mass is 295 g/mol. The maximum Gasteiger partial charge on any atom is 0.255 e. The van der Waals surface area contributed by atoms with Gasteiger partial charge in [0.2, 0.25) is 0 Å². The van der Waals surface area contributed by atoms with E-state index in [4.69, 9.17) is 9.15 Å². The van der Waals surface area contributed by atoms with Crippen LogP contribution in [0.3, 0.4) is 0 Å². The molecule has 1 heterocycles. The van der Waals surface area contributed by atoms with Crippen LogP contribution in [0.1, 0.15) is 17.3 Å². The number of benzene rings is 2. The third kappa shape index (κ3) is 2.44. The Morgan fingerprint density at radius 2 is 1.95 bits per heavy atom. The number of amides is 1. The lowest BCUT2D eigenvalue weighted by atomic mass is 10.0. The number of hydrogen-bond acceptors (Lipinski definition) is 3. The fourth-order valence-corrected chi connectivity index (χ4v) is 2.48. The van der Waals surface area contributed by atoms with Crippen molar-refractivity contribution in [3.8, 4) is 17.1 Å². The lowest BCUT2D eigenvalue weighted by molar-refractivity contribution is 0.0964. The third-order valence-electron chi connectivity index (χ3n) is 3.46. The molecule has 4 heteroatoms. The number of nitrogens with one attached hydrogen (secondary N) is 1. The average molecular weight is 295 g/mol. The van der Waals surface area contributed by atoms with Gasteiger partial charge in [0.15, 0.2) is 0 Å². The van der Waals surface area contributed by atoms with Crippen LogP contribution in [0.4, 0.5) is 0 Å². The van der Waals surface area contributed by atoms with E-state index in [2.05, 4.69) is 5.32 Å². The second kappa shape index (κ2) is 5.93. The summed E-state index contributed by atoms with van der Waals surface area (Å²) >= 11 is 0. The Morgan fingerprint density at radius 3 is 2.64 bits per heavy atom. The lowest BCUT2D eigenvalue weighted by Gasteiger charge is -2.03. The van der Waals surface area contributed by atoms with Gasteiger partial charge >= 0.3 is 0 Å². The summed E-state index contributed by atoms with van der Waals surface area (Å²) in [5.41, 5.74) is 2.07. The second-order valence-corrected chi connectivity index (χ2v) is 4.84. The molecule has 0 unspecified atom stereocenters. The first-order chi connectivity index (χ1) is 10.7. The van der Waals surface area contributed by atoms with E-state index in [0.717, 1.165) is 16.7 Å². The van der Waals surface area contributed by atoms with Crippen LogP contribution >= 0.6 is 0 Å². The predicted octanol–water partition coefficient (Wildman–Crippen LogP) is 3.86. The summed E-state index contributed by atoms with van der Waals surface area (Å²) in [6, 6.07) is 15.1. The Kier molecular flexibility index (Phi) is 3.83. The fourth-order valence-electron chi connectivity index (χ4n) is 2.48.